The van der Waals surface area contributed by atoms with Crippen LogP contribution in [0, 0.1) is 24.7 Å². The zero-order valence-electron chi connectivity index (χ0n) is 20.1. The molecular weight excluding hydrogens is 458 g/mol. The highest BCUT2D eigenvalue weighted by atomic mass is 32.2. The van der Waals surface area contributed by atoms with Crippen LogP contribution in [0.25, 0.3) is 10.9 Å². The first kappa shape index (κ1) is 22.7. The zero-order chi connectivity index (χ0) is 24.2. The van der Waals surface area contributed by atoms with Gasteiger partial charge in [0.15, 0.2) is 5.25 Å². The topological polar surface area (TPSA) is 91.1 Å². The molecule has 1 unspecified atom stereocenters. The summed E-state index contributed by atoms with van der Waals surface area (Å²) in [6.07, 6.45) is 8.69. The fraction of sp³-hybridized carbons (Fsp3) is 0.464. The van der Waals surface area contributed by atoms with Crippen LogP contribution >= 0.6 is 0 Å². The molecule has 1 heterocycles. The standard InChI is InChI=1S/C28H33N3O3S/c1-18-6-8-23(9-7-18)31-35(33,34)26(13-22-17-29-25-5-3-2-4-24(22)25)27(32)30-28-14-19-10-20(15-28)12-21(11-19)16-28/h2-9,17,19-21,26,29,31H,10-16H2,1H3,(H,30,32). The van der Waals surface area contributed by atoms with Crippen molar-refractivity contribution in [3.63, 3.8) is 0 Å². The molecule has 0 saturated heterocycles. The van der Waals surface area contributed by atoms with Crippen LogP contribution in [0.3, 0.4) is 0 Å². The summed E-state index contributed by atoms with van der Waals surface area (Å²) >= 11 is 0. The highest BCUT2D eigenvalue weighted by Crippen LogP contribution is 2.55. The molecule has 1 atom stereocenters. The summed E-state index contributed by atoms with van der Waals surface area (Å²) in [6.45, 7) is 1.96. The normalized spacial score (nSPS) is 28.2. The molecule has 7 rings (SSSR count). The molecule has 7 heteroatoms. The largest absolute Gasteiger partial charge is 0.361 e. The Hall–Kier alpha value is -2.80. The fourth-order valence-electron chi connectivity index (χ4n) is 7.31. The van der Waals surface area contributed by atoms with E-state index in [0.717, 1.165) is 41.3 Å². The Bertz CT molecular complexity index is 1320. The third-order valence-corrected chi connectivity index (χ3v) is 10.1. The van der Waals surface area contributed by atoms with E-state index in [4.69, 9.17) is 0 Å². The third-order valence-electron chi connectivity index (χ3n) is 8.49. The Morgan fingerprint density at radius 3 is 2.29 bits per heavy atom. The van der Waals surface area contributed by atoms with Gasteiger partial charge in [0.1, 0.15) is 0 Å². The molecule has 3 aromatic rings. The van der Waals surface area contributed by atoms with Crippen LogP contribution in [-0.4, -0.2) is 30.1 Å². The minimum Gasteiger partial charge on any atom is -0.361 e. The van der Waals surface area contributed by atoms with Crippen molar-refractivity contribution in [2.45, 2.75) is 62.7 Å². The smallest absolute Gasteiger partial charge is 0.245 e. The maximum Gasteiger partial charge on any atom is 0.245 e. The van der Waals surface area contributed by atoms with Gasteiger partial charge < -0.3 is 10.3 Å². The van der Waals surface area contributed by atoms with E-state index in [2.05, 4.69) is 15.0 Å². The molecule has 4 fully saturated rings. The van der Waals surface area contributed by atoms with Gasteiger partial charge in [-0.25, -0.2) is 8.42 Å². The van der Waals surface area contributed by atoms with Crippen LogP contribution < -0.4 is 10.0 Å². The van der Waals surface area contributed by atoms with Crippen molar-refractivity contribution >= 4 is 32.5 Å². The zero-order valence-corrected chi connectivity index (χ0v) is 20.9. The molecule has 0 spiro atoms. The van der Waals surface area contributed by atoms with Gasteiger partial charge in [-0.05, 0) is 87.0 Å². The first-order valence-corrected chi connectivity index (χ1v) is 14.3. The summed E-state index contributed by atoms with van der Waals surface area (Å²) in [6, 6.07) is 15.0. The number of nitrogens with one attached hydrogen (secondary N) is 3. The van der Waals surface area contributed by atoms with Crippen LogP contribution in [0.5, 0.6) is 0 Å². The summed E-state index contributed by atoms with van der Waals surface area (Å²) in [4.78, 5) is 17.1. The summed E-state index contributed by atoms with van der Waals surface area (Å²) in [5, 5.41) is 3.04. The monoisotopic (exact) mass is 491 g/mol. The highest BCUT2D eigenvalue weighted by Gasteiger charge is 2.52. The summed E-state index contributed by atoms with van der Waals surface area (Å²) in [5.41, 5.74) is 3.04. The van der Waals surface area contributed by atoms with E-state index in [-0.39, 0.29) is 17.9 Å². The van der Waals surface area contributed by atoms with Crippen molar-refractivity contribution in [1.29, 1.82) is 0 Å². The second-order valence-corrected chi connectivity index (χ2v) is 13.1. The Morgan fingerprint density at radius 2 is 1.63 bits per heavy atom. The first-order valence-electron chi connectivity index (χ1n) is 12.7. The van der Waals surface area contributed by atoms with Crippen LogP contribution in [-0.2, 0) is 21.2 Å². The van der Waals surface area contributed by atoms with E-state index in [9.17, 15) is 13.2 Å². The van der Waals surface area contributed by atoms with E-state index >= 15 is 0 Å². The third kappa shape index (κ3) is 4.35. The Balaban J connectivity index is 1.31. The van der Waals surface area contributed by atoms with Crippen molar-refractivity contribution in [1.82, 2.24) is 10.3 Å². The van der Waals surface area contributed by atoms with Crippen molar-refractivity contribution in [2.75, 3.05) is 4.72 Å². The molecule has 35 heavy (non-hydrogen) atoms. The molecule has 184 valence electrons. The number of benzene rings is 2. The lowest BCUT2D eigenvalue weighted by molar-refractivity contribution is -0.126. The van der Waals surface area contributed by atoms with Gasteiger partial charge in [-0.3, -0.25) is 9.52 Å². The predicted molar refractivity (Wildman–Crippen MR) is 139 cm³/mol. The van der Waals surface area contributed by atoms with Gasteiger partial charge in [0, 0.05) is 34.7 Å². The number of aryl methyl sites for hydroxylation is 1. The van der Waals surface area contributed by atoms with Gasteiger partial charge >= 0.3 is 0 Å². The highest BCUT2D eigenvalue weighted by molar-refractivity contribution is 7.94. The second kappa shape index (κ2) is 8.40. The van der Waals surface area contributed by atoms with Crippen LogP contribution in [0.15, 0.2) is 54.7 Å². The summed E-state index contributed by atoms with van der Waals surface area (Å²) in [5.74, 6) is 1.61. The van der Waals surface area contributed by atoms with Gasteiger partial charge in [0.25, 0.3) is 0 Å². The molecule has 2 aromatic carbocycles. The first-order chi connectivity index (χ1) is 16.8. The minimum absolute atomic E-state index is 0.114. The minimum atomic E-state index is -3.99. The van der Waals surface area contributed by atoms with Gasteiger partial charge in [-0.15, -0.1) is 0 Å². The molecule has 3 N–H and O–H groups in total. The van der Waals surface area contributed by atoms with Crippen molar-refractivity contribution < 1.29 is 13.2 Å². The number of hydrogen-bond acceptors (Lipinski definition) is 3. The van der Waals surface area contributed by atoms with Crippen molar-refractivity contribution in [2.24, 2.45) is 17.8 Å². The van der Waals surface area contributed by atoms with Crippen molar-refractivity contribution in [3.05, 3.63) is 65.9 Å². The fourth-order valence-corrected chi connectivity index (χ4v) is 8.65. The Kier molecular flexibility index (Phi) is 5.44. The van der Waals surface area contributed by atoms with Gasteiger partial charge in [0.05, 0.1) is 0 Å². The lowest BCUT2D eigenvalue weighted by Gasteiger charge is -2.57. The maximum atomic E-state index is 13.8. The molecule has 6 nitrogen and oxygen atoms in total. The number of aromatic nitrogens is 1. The maximum absolute atomic E-state index is 13.8. The molecule has 0 radical (unpaired) electrons. The lowest BCUT2D eigenvalue weighted by atomic mass is 9.53. The van der Waals surface area contributed by atoms with Crippen molar-refractivity contribution in [3.8, 4) is 0 Å². The summed E-state index contributed by atoms with van der Waals surface area (Å²) in [7, 11) is -3.99. The van der Waals surface area contributed by atoms with Gasteiger partial charge in [0.2, 0.25) is 15.9 Å². The number of rotatable bonds is 7. The van der Waals surface area contributed by atoms with E-state index in [1.54, 1.807) is 12.1 Å². The van der Waals surface area contributed by atoms with E-state index in [1.165, 1.54) is 19.3 Å². The lowest BCUT2D eigenvalue weighted by Crippen LogP contribution is -2.62. The van der Waals surface area contributed by atoms with E-state index in [0.29, 0.717) is 23.4 Å². The number of carbonyl (C=O) groups excluding carboxylic acids is 1. The van der Waals surface area contributed by atoms with Crippen LogP contribution in [0.2, 0.25) is 0 Å². The average Bonchev–Trinajstić information content (AvgIpc) is 3.20. The van der Waals surface area contributed by atoms with E-state index < -0.39 is 15.3 Å². The molecule has 4 bridgehead atoms. The number of anilines is 1. The molecule has 4 saturated carbocycles. The average molecular weight is 492 g/mol. The number of H-pyrrole nitrogens is 1. The molecular formula is C28H33N3O3S. The Labute approximate surface area is 206 Å². The van der Waals surface area contributed by atoms with Gasteiger partial charge in [-0.1, -0.05) is 35.9 Å². The van der Waals surface area contributed by atoms with E-state index in [1.807, 2.05) is 49.5 Å². The summed E-state index contributed by atoms with van der Waals surface area (Å²) < 4.78 is 30.1. The number of aromatic amines is 1. The number of hydrogen-bond donors (Lipinski definition) is 3. The Morgan fingerprint density at radius 1 is 1.00 bits per heavy atom. The number of para-hydroxylation sites is 1. The van der Waals surface area contributed by atoms with Gasteiger partial charge in [-0.2, -0.15) is 0 Å². The SMILES string of the molecule is Cc1ccc(NS(=O)(=O)C(Cc2c[nH]c3ccccc23)C(=O)NC23CC4CC(CC(C4)C2)C3)cc1. The molecule has 1 amide bonds. The number of carbonyl (C=O) groups is 1. The molecule has 4 aliphatic carbocycles. The number of sulfonamides is 1. The van der Waals surface area contributed by atoms with Crippen LogP contribution in [0.4, 0.5) is 5.69 Å². The molecule has 4 aliphatic rings. The predicted octanol–water partition coefficient (Wildman–Crippen LogP) is 4.91. The van der Waals surface area contributed by atoms with Crippen LogP contribution in [0.1, 0.15) is 49.7 Å². The molecule has 0 aliphatic heterocycles. The number of amides is 1. The quantitative estimate of drug-likeness (QED) is 0.438. The second-order valence-electron chi connectivity index (χ2n) is 11.3. The molecule has 1 aromatic heterocycles. The number of fused-ring (bicyclic) bond motifs is 1.